The van der Waals surface area contributed by atoms with Crippen molar-refractivity contribution in [1.82, 2.24) is 5.32 Å². The van der Waals surface area contributed by atoms with Crippen molar-refractivity contribution in [3.63, 3.8) is 0 Å². The molecule has 22 heavy (non-hydrogen) atoms. The van der Waals surface area contributed by atoms with Crippen molar-refractivity contribution >= 4 is 17.2 Å². The number of methoxy groups -OCH3 is 2. The molecule has 0 fully saturated rings. The zero-order chi connectivity index (χ0) is 16.1. The molecule has 1 amide bonds. The van der Waals surface area contributed by atoms with Crippen molar-refractivity contribution in [3.05, 3.63) is 45.6 Å². The predicted molar refractivity (Wildman–Crippen MR) is 85.9 cm³/mol. The fourth-order valence-electron chi connectivity index (χ4n) is 2.04. The number of rotatable bonds is 6. The van der Waals surface area contributed by atoms with Gasteiger partial charge in [-0.15, -0.1) is 11.3 Å². The molecule has 1 atom stereocenters. The Hall–Kier alpha value is -2.05. The van der Waals surface area contributed by atoms with Crippen LogP contribution in [0.2, 0.25) is 0 Å². The van der Waals surface area contributed by atoms with E-state index in [4.69, 9.17) is 9.47 Å². The van der Waals surface area contributed by atoms with Gasteiger partial charge in [-0.3, -0.25) is 4.79 Å². The predicted octanol–water partition coefficient (Wildman–Crippen LogP) is 2.54. The standard InChI is InChI=1S/C16H19NO4S/c1-10-4-7-15(22-10)16(19)17-9-13(18)12-8-11(20-2)5-6-14(12)21-3/h4-8,13,18H,9H2,1-3H3,(H,17,19)/t13-/m1/s1. The van der Waals surface area contributed by atoms with E-state index < -0.39 is 6.10 Å². The lowest BCUT2D eigenvalue weighted by Gasteiger charge is -2.16. The van der Waals surface area contributed by atoms with E-state index in [1.54, 1.807) is 31.4 Å². The smallest absolute Gasteiger partial charge is 0.261 e. The van der Waals surface area contributed by atoms with Crippen molar-refractivity contribution < 1.29 is 19.4 Å². The quantitative estimate of drug-likeness (QED) is 0.858. The van der Waals surface area contributed by atoms with E-state index >= 15 is 0 Å². The Balaban J connectivity index is 2.05. The van der Waals surface area contributed by atoms with E-state index in [1.165, 1.54) is 18.4 Å². The molecule has 0 saturated carbocycles. The van der Waals surface area contributed by atoms with Gasteiger partial charge in [-0.25, -0.2) is 0 Å². The van der Waals surface area contributed by atoms with E-state index in [0.29, 0.717) is 21.9 Å². The van der Waals surface area contributed by atoms with Crippen molar-refractivity contribution in [2.24, 2.45) is 0 Å². The summed E-state index contributed by atoms with van der Waals surface area (Å²) in [7, 11) is 3.09. The Morgan fingerprint density at radius 3 is 2.64 bits per heavy atom. The number of aliphatic hydroxyl groups excluding tert-OH is 1. The molecule has 0 saturated heterocycles. The highest BCUT2D eigenvalue weighted by atomic mass is 32.1. The first kappa shape index (κ1) is 16.3. The van der Waals surface area contributed by atoms with Gasteiger partial charge in [0.15, 0.2) is 0 Å². The highest BCUT2D eigenvalue weighted by Crippen LogP contribution is 2.29. The molecule has 0 aliphatic heterocycles. The Kier molecular flexibility index (Phi) is 5.41. The third-order valence-corrected chi connectivity index (χ3v) is 4.22. The summed E-state index contributed by atoms with van der Waals surface area (Å²) < 4.78 is 10.4. The van der Waals surface area contributed by atoms with Crippen LogP contribution in [0, 0.1) is 6.92 Å². The number of hydrogen-bond acceptors (Lipinski definition) is 5. The second-order valence-corrected chi connectivity index (χ2v) is 6.03. The van der Waals surface area contributed by atoms with Crippen molar-refractivity contribution in [2.75, 3.05) is 20.8 Å². The minimum absolute atomic E-state index is 0.0965. The molecule has 0 spiro atoms. The van der Waals surface area contributed by atoms with Gasteiger partial charge in [-0.1, -0.05) is 0 Å². The second kappa shape index (κ2) is 7.29. The van der Waals surface area contributed by atoms with Gasteiger partial charge in [0.2, 0.25) is 0 Å². The van der Waals surface area contributed by atoms with Crippen LogP contribution in [0.25, 0.3) is 0 Å². The summed E-state index contributed by atoms with van der Waals surface area (Å²) in [6.07, 6.45) is -0.880. The summed E-state index contributed by atoms with van der Waals surface area (Å²) in [5.74, 6) is 0.976. The average molecular weight is 321 g/mol. The van der Waals surface area contributed by atoms with Gasteiger partial charge < -0.3 is 19.9 Å². The number of aliphatic hydroxyl groups is 1. The molecule has 5 nitrogen and oxygen atoms in total. The topological polar surface area (TPSA) is 67.8 Å². The maximum atomic E-state index is 12.0. The van der Waals surface area contributed by atoms with Gasteiger partial charge in [-0.2, -0.15) is 0 Å². The summed E-state index contributed by atoms with van der Waals surface area (Å²) in [5.41, 5.74) is 0.574. The molecule has 0 aliphatic carbocycles. The molecule has 0 radical (unpaired) electrons. The molecule has 6 heteroatoms. The molecule has 2 rings (SSSR count). The van der Waals surface area contributed by atoms with Crippen LogP contribution in [-0.4, -0.2) is 31.8 Å². The molecule has 1 aromatic carbocycles. The number of aryl methyl sites for hydroxylation is 1. The summed E-state index contributed by atoms with van der Waals surface area (Å²) in [4.78, 5) is 13.7. The van der Waals surface area contributed by atoms with Crippen molar-refractivity contribution in [3.8, 4) is 11.5 Å². The Labute approximate surface area is 133 Å². The summed E-state index contributed by atoms with van der Waals surface area (Å²) >= 11 is 1.42. The molecule has 118 valence electrons. The van der Waals surface area contributed by atoms with Gasteiger partial charge in [0.05, 0.1) is 19.1 Å². The first-order valence-electron chi connectivity index (χ1n) is 6.79. The lowest BCUT2D eigenvalue weighted by atomic mass is 10.1. The first-order chi connectivity index (χ1) is 10.5. The average Bonchev–Trinajstić information content (AvgIpc) is 2.98. The van der Waals surface area contributed by atoms with E-state index in [9.17, 15) is 9.90 Å². The zero-order valence-corrected chi connectivity index (χ0v) is 13.6. The number of hydrogen-bond donors (Lipinski definition) is 2. The first-order valence-corrected chi connectivity index (χ1v) is 7.61. The van der Waals surface area contributed by atoms with E-state index in [2.05, 4.69) is 5.32 Å². The van der Waals surface area contributed by atoms with Crippen LogP contribution in [0.1, 0.15) is 26.2 Å². The van der Waals surface area contributed by atoms with Crippen LogP contribution in [0.5, 0.6) is 11.5 Å². The highest BCUT2D eigenvalue weighted by molar-refractivity contribution is 7.13. The highest BCUT2D eigenvalue weighted by Gasteiger charge is 2.16. The van der Waals surface area contributed by atoms with E-state index in [1.807, 2.05) is 13.0 Å². The molecule has 2 aromatic rings. The fraction of sp³-hybridized carbons (Fsp3) is 0.312. The molecule has 2 N–H and O–H groups in total. The molecule has 0 bridgehead atoms. The molecular weight excluding hydrogens is 302 g/mol. The van der Waals surface area contributed by atoms with Gasteiger partial charge in [0, 0.05) is 17.0 Å². The molecule has 1 aromatic heterocycles. The Morgan fingerprint density at radius 1 is 1.27 bits per heavy atom. The summed E-state index contributed by atoms with van der Waals surface area (Å²) in [5, 5.41) is 13.0. The maximum absolute atomic E-state index is 12.0. The number of amides is 1. The number of nitrogens with one attached hydrogen (secondary N) is 1. The minimum atomic E-state index is -0.880. The summed E-state index contributed by atoms with van der Waals surface area (Å²) in [6.45, 7) is 2.04. The van der Waals surface area contributed by atoms with Gasteiger partial charge in [-0.05, 0) is 37.3 Å². The van der Waals surface area contributed by atoms with Gasteiger partial charge in [0.25, 0.3) is 5.91 Å². The second-order valence-electron chi connectivity index (χ2n) is 4.74. The van der Waals surface area contributed by atoms with Gasteiger partial charge >= 0.3 is 0 Å². The van der Waals surface area contributed by atoms with Gasteiger partial charge in [0.1, 0.15) is 17.6 Å². The van der Waals surface area contributed by atoms with Crippen LogP contribution in [0.3, 0.4) is 0 Å². The maximum Gasteiger partial charge on any atom is 0.261 e. The fourth-order valence-corrected chi connectivity index (χ4v) is 2.83. The normalized spacial score (nSPS) is 11.8. The third-order valence-electron chi connectivity index (χ3n) is 3.22. The van der Waals surface area contributed by atoms with Crippen molar-refractivity contribution in [1.29, 1.82) is 0 Å². The minimum Gasteiger partial charge on any atom is -0.497 e. The lowest BCUT2D eigenvalue weighted by molar-refractivity contribution is 0.0918. The number of carbonyl (C=O) groups excluding carboxylic acids is 1. The van der Waals surface area contributed by atoms with Crippen molar-refractivity contribution in [2.45, 2.75) is 13.0 Å². The Bertz CT molecular complexity index is 653. The van der Waals surface area contributed by atoms with E-state index in [-0.39, 0.29) is 12.5 Å². The number of benzene rings is 1. The molecule has 0 aliphatic rings. The molecule has 0 unspecified atom stereocenters. The van der Waals surface area contributed by atoms with Crippen LogP contribution in [0.4, 0.5) is 0 Å². The lowest BCUT2D eigenvalue weighted by Crippen LogP contribution is -2.27. The van der Waals surface area contributed by atoms with Crippen LogP contribution in [-0.2, 0) is 0 Å². The zero-order valence-electron chi connectivity index (χ0n) is 12.8. The van der Waals surface area contributed by atoms with Crippen LogP contribution >= 0.6 is 11.3 Å². The largest absolute Gasteiger partial charge is 0.497 e. The Morgan fingerprint density at radius 2 is 2.05 bits per heavy atom. The van der Waals surface area contributed by atoms with Crippen LogP contribution < -0.4 is 14.8 Å². The van der Waals surface area contributed by atoms with Crippen LogP contribution in [0.15, 0.2) is 30.3 Å². The monoisotopic (exact) mass is 321 g/mol. The summed E-state index contributed by atoms with van der Waals surface area (Å²) in [6, 6.07) is 8.84. The number of carbonyl (C=O) groups is 1. The number of ether oxygens (including phenoxy) is 2. The SMILES string of the molecule is COc1ccc(OC)c([C@H](O)CNC(=O)c2ccc(C)s2)c1. The van der Waals surface area contributed by atoms with E-state index in [0.717, 1.165) is 4.88 Å². The molecular formula is C16H19NO4S. The third kappa shape index (κ3) is 3.78. The number of thiophene rings is 1. The molecule has 1 heterocycles.